The summed E-state index contributed by atoms with van der Waals surface area (Å²) in [7, 11) is 1.79. The number of hydrogen-bond acceptors (Lipinski definition) is 4. The molecular formula is C22H33NO3. The minimum Gasteiger partial charge on any atom is -0.486 e. The van der Waals surface area contributed by atoms with E-state index in [1.54, 1.807) is 12.7 Å². The number of fused-ring (bicyclic) bond motifs is 3. The molecule has 3 aliphatic rings. The third-order valence-electron chi connectivity index (χ3n) is 6.64. The molecule has 0 radical (unpaired) electrons. The van der Waals surface area contributed by atoms with Gasteiger partial charge in [0.15, 0.2) is 11.5 Å². The Kier molecular flexibility index (Phi) is 5.42. The standard InChI is InChI=1S/C22H33NO3/c1-17-18-14-20-21(26-13-12-25-20)15-19(18)22(8-4-5-9-22)16-23(17)10-6-3-7-11-24-2/h14-15,17H,3-13,16H2,1-2H3. The van der Waals surface area contributed by atoms with E-state index in [9.17, 15) is 0 Å². The lowest BCUT2D eigenvalue weighted by atomic mass is 9.71. The number of benzene rings is 1. The van der Waals surface area contributed by atoms with Crippen LogP contribution in [0.2, 0.25) is 0 Å². The number of rotatable bonds is 6. The van der Waals surface area contributed by atoms with Crippen molar-refractivity contribution in [3.05, 3.63) is 23.3 Å². The molecule has 0 amide bonds. The summed E-state index contributed by atoms with van der Waals surface area (Å²) in [6.07, 6.45) is 8.99. The summed E-state index contributed by atoms with van der Waals surface area (Å²) in [6, 6.07) is 5.06. The van der Waals surface area contributed by atoms with Crippen LogP contribution in [0.3, 0.4) is 0 Å². The highest BCUT2D eigenvalue weighted by molar-refractivity contribution is 5.53. The zero-order valence-corrected chi connectivity index (χ0v) is 16.4. The molecule has 0 saturated heterocycles. The Balaban J connectivity index is 1.58. The normalized spacial score (nSPS) is 24.0. The van der Waals surface area contributed by atoms with Crippen LogP contribution >= 0.6 is 0 Å². The quantitative estimate of drug-likeness (QED) is 0.702. The first-order chi connectivity index (χ1) is 12.7. The number of hydrogen-bond donors (Lipinski definition) is 0. The molecule has 4 nitrogen and oxygen atoms in total. The third-order valence-corrected chi connectivity index (χ3v) is 6.64. The summed E-state index contributed by atoms with van der Waals surface area (Å²) >= 11 is 0. The average Bonchev–Trinajstić information content (AvgIpc) is 3.14. The summed E-state index contributed by atoms with van der Waals surface area (Å²) in [5.41, 5.74) is 3.34. The van der Waals surface area contributed by atoms with Gasteiger partial charge in [-0.1, -0.05) is 12.8 Å². The molecule has 1 aromatic rings. The van der Waals surface area contributed by atoms with Gasteiger partial charge in [0.25, 0.3) is 0 Å². The average molecular weight is 360 g/mol. The fraction of sp³-hybridized carbons (Fsp3) is 0.727. The minimum atomic E-state index is 0.324. The van der Waals surface area contributed by atoms with Crippen molar-refractivity contribution in [2.24, 2.45) is 0 Å². The molecular weight excluding hydrogens is 326 g/mol. The smallest absolute Gasteiger partial charge is 0.161 e. The number of methoxy groups -OCH3 is 1. The third kappa shape index (κ3) is 3.34. The fourth-order valence-corrected chi connectivity index (χ4v) is 5.21. The van der Waals surface area contributed by atoms with Gasteiger partial charge in [-0.25, -0.2) is 0 Å². The van der Waals surface area contributed by atoms with Crippen molar-refractivity contribution >= 4 is 0 Å². The maximum absolute atomic E-state index is 5.91. The zero-order chi connectivity index (χ0) is 18.0. The van der Waals surface area contributed by atoms with Gasteiger partial charge in [-0.2, -0.15) is 0 Å². The van der Waals surface area contributed by atoms with Crippen LogP contribution in [0.1, 0.15) is 69.0 Å². The number of ether oxygens (including phenoxy) is 3. The molecule has 1 aliphatic carbocycles. The maximum atomic E-state index is 5.91. The van der Waals surface area contributed by atoms with Crippen LogP contribution in [0.5, 0.6) is 11.5 Å². The first-order valence-electron chi connectivity index (χ1n) is 10.4. The van der Waals surface area contributed by atoms with Gasteiger partial charge in [0.05, 0.1) is 0 Å². The lowest BCUT2D eigenvalue weighted by molar-refractivity contribution is 0.127. The van der Waals surface area contributed by atoms with Crippen molar-refractivity contribution in [2.45, 2.75) is 63.3 Å². The second-order valence-corrected chi connectivity index (χ2v) is 8.27. The Morgan fingerprint density at radius 2 is 1.81 bits per heavy atom. The van der Waals surface area contributed by atoms with Crippen LogP contribution in [0, 0.1) is 0 Å². The molecule has 2 aliphatic heterocycles. The van der Waals surface area contributed by atoms with Gasteiger partial charge in [0.1, 0.15) is 13.2 Å². The Morgan fingerprint density at radius 3 is 2.54 bits per heavy atom. The monoisotopic (exact) mass is 359 g/mol. The highest BCUT2D eigenvalue weighted by atomic mass is 16.6. The van der Waals surface area contributed by atoms with Crippen LogP contribution in [-0.4, -0.2) is 44.9 Å². The van der Waals surface area contributed by atoms with E-state index < -0.39 is 0 Å². The van der Waals surface area contributed by atoms with Gasteiger partial charge in [-0.05, 0) is 68.8 Å². The van der Waals surface area contributed by atoms with E-state index in [4.69, 9.17) is 14.2 Å². The summed E-state index contributed by atoms with van der Waals surface area (Å²) in [5, 5.41) is 0. The van der Waals surface area contributed by atoms with E-state index in [1.165, 1.54) is 63.6 Å². The van der Waals surface area contributed by atoms with Crippen molar-refractivity contribution < 1.29 is 14.2 Å². The molecule has 1 aromatic carbocycles. The molecule has 1 unspecified atom stereocenters. The molecule has 4 heteroatoms. The summed E-state index contributed by atoms with van der Waals surface area (Å²) < 4.78 is 17.0. The van der Waals surface area contributed by atoms with Gasteiger partial charge in [0, 0.05) is 31.7 Å². The number of unbranched alkanes of at least 4 members (excludes halogenated alkanes) is 2. The van der Waals surface area contributed by atoms with E-state index in [-0.39, 0.29) is 0 Å². The van der Waals surface area contributed by atoms with E-state index in [1.807, 2.05) is 0 Å². The van der Waals surface area contributed by atoms with Gasteiger partial charge in [0.2, 0.25) is 0 Å². The SMILES string of the molecule is COCCCCCN1CC2(CCCC2)c2cc3c(cc2C1C)OCCO3. The van der Waals surface area contributed by atoms with Crippen LogP contribution in [0.4, 0.5) is 0 Å². The molecule has 2 heterocycles. The maximum Gasteiger partial charge on any atom is 0.161 e. The van der Waals surface area contributed by atoms with E-state index in [0.717, 1.165) is 18.1 Å². The van der Waals surface area contributed by atoms with E-state index in [0.29, 0.717) is 24.7 Å². The van der Waals surface area contributed by atoms with Crippen LogP contribution < -0.4 is 9.47 Å². The highest BCUT2D eigenvalue weighted by Gasteiger charge is 2.44. The molecule has 1 spiro atoms. The zero-order valence-electron chi connectivity index (χ0n) is 16.4. The molecule has 4 rings (SSSR count). The first-order valence-corrected chi connectivity index (χ1v) is 10.4. The summed E-state index contributed by atoms with van der Waals surface area (Å²) in [4.78, 5) is 2.72. The largest absolute Gasteiger partial charge is 0.486 e. The molecule has 26 heavy (non-hydrogen) atoms. The van der Waals surface area contributed by atoms with E-state index in [2.05, 4.69) is 24.0 Å². The van der Waals surface area contributed by atoms with Crippen molar-refractivity contribution in [1.82, 2.24) is 4.90 Å². The number of nitrogens with zero attached hydrogens (tertiary/aromatic N) is 1. The van der Waals surface area contributed by atoms with Crippen molar-refractivity contribution in [1.29, 1.82) is 0 Å². The Hall–Kier alpha value is -1.26. The van der Waals surface area contributed by atoms with Crippen LogP contribution in [0.15, 0.2) is 12.1 Å². The first kappa shape index (κ1) is 18.1. The highest BCUT2D eigenvalue weighted by Crippen LogP contribution is 2.51. The molecule has 0 aromatic heterocycles. The molecule has 0 bridgehead atoms. The van der Waals surface area contributed by atoms with Crippen LogP contribution in [-0.2, 0) is 10.2 Å². The fourth-order valence-electron chi connectivity index (χ4n) is 5.21. The van der Waals surface area contributed by atoms with Crippen LogP contribution in [0.25, 0.3) is 0 Å². The minimum absolute atomic E-state index is 0.324. The Labute approximate surface area is 157 Å². The predicted molar refractivity (Wildman–Crippen MR) is 103 cm³/mol. The van der Waals surface area contributed by atoms with Gasteiger partial charge in [-0.15, -0.1) is 0 Å². The molecule has 1 fully saturated rings. The van der Waals surface area contributed by atoms with Gasteiger partial charge < -0.3 is 14.2 Å². The van der Waals surface area contributed by atoms with Crippen molar-refractivity contribution in [2.75, 3.05) is 40.0 Å². The second-order valence-electron chi connectivity index (χ2n) is 8.27. The molecule has 1 saturated carbocycles. The second kappa shape index (κ2) is 7.77. The lowest BCUT2D eigenvalue weighted by Gasteiger charge is -2.46. The topological polar surface area (TPSA) is 30.9 Å². The van der Waals surface area contributed by atoms with Gasteiger partial charge in [-0.3, -0.25) is 4.90 Å². The van der Waals surface area contributed by atoms with Crippen molar-refractivity contribution in [3.63, 3.8) is 0 Å². The van der Waals surface area contributed by atoms with Crippen molar-refractivity contribution in [3.8, 4) is 11.5 Å². The summed E-state index contributed by atoms with van der Waals surface area (Å²) in [6.45, 7) is 6.96. The Morgan fingerprint density at radius 1 is 1.08 bits per heavy atom. The molecule has 1 atom stereocenters. The lowest BCUT2D eigenvalue weighted by Crippen LogP contribution is -2.46. The molecule has 144 valence electrons. The van der Waals surface area contributed by atoms with E-state index >= 15 is 0 Å². The van der Waals surface area contributed by atoms with Gasteiger partial charge >= 0.3 is 0 Å². The Bertz CT molecular complexity index is 624. The predicted octanol–water partition coefficient (Wildman–Crippen LogP) is 4.46. The summed E-state index contributed by atoms with van der Waals surface area (Å²) in [5.74, 6) is 1.90. The molecule has 0 N–H and O–H groups in total.